The fourth-order valence-electron chi connectivity index (χ4n) is 1.36. The number of halogens is 3. The van der Waals surface area contributed by atoms with Crippen LogP contribution in [-0.4, -0.2) is 11.2 Å². The Hall–Kier alpha value is -2.37. The van der Waals surface area contributed by atoms with Crippen molar-refractivity contribution in [2.75, 3.05) is 5.43 Å². The first-order valence-electron chi connectivity index (χ1n) is 5.42. The van der Waals surface area contributed by atoms with Gasteiger partial charge in [0.05, 0.1) is 17.5 Å². The van der Waals surface area contributed by atoms with Gasteiger partial charge in [-0.2, -0.15) is 18.3 Å². The summed E-state index contributed by atoms with van der Waals surface area (Å²) in [5.41, 5.74) is 3.30. The smallest absolute Gasteiger partial charge is 0.279 e. The van der Waals surface area contributed by atoms with Crippen LogP contribution in [0.25, 0.3) is 0 Å². The molecule has 1 aromatic heterocycles. The number of nitrogens with one attached hydrogen (secondary N) is 1. The lowest BCUT2D eigenvalue weighted by Gasteiger charge is -2.06. The first-order chi connectivity index (χ1) is 9.05. The maximum absolute atomic E-state index is 12.3. The maximum Gasteiger partial charge on any atom is 0.416 e. The van der Waals surface area contributed by atoms with Gasteiger partial charge in [-0.1, -0.05) is 0 Å². The molecule has 6 heteroatoms. The maximum atomic E-state index is 12.3. The van der Waals surface area contributed by atoms with Gasteiger partial charge in [0.2, 0.25) is 0 Å². The van der Waals surface area contributed by atoms with Gasteiger partial charge in [-0.25, -0.2) is 0 Å². The minimum absolute atomic E-state index is 0.485. The second-order valence-electron chi connectivity index (χ2n) is 3.73. The third-order valence-electron chi connectivity index (χ3n) is 2.33. The SMILES string of the molecule is FC(F)(F)c1ccc(NN=Cc2ccncc2)cc1. The highest BCUT2D eigenvalue weighted by atomic mass is 19.4. The second kappa shape index (κ2) is 5.51. The second-order valence-corrected chi connectivity index (χ2v) is 3.73. The average Bonchev–Trinajstić information content (AvgIpc) is 2.39. The van der Waals surface area contributed by atoms with Crippen LogP contribution in [0.2, 0.25) is 0 Å². The quantitative estimate of drug-likeness (QED) is 0.680. The van der Waals surface area contributed by atoms with Gasteiger partial charge in [-0.3, -0.25) is 10.4 Å². The number of anilines is 1. The zero-order valence-corrected chi connectivity index (χ0v) is 9.72. The first-order valence-corrected chi connectivity index (χ1v) is 5.42. The summed E-state index contributed by atoms with van der Waals surface area (Å²) in [5, 5.41) is 3.92. The van der Waals surface area contributed by atoms with Gasteiger partial charge in [0.25, 0.3) is 0 Å². The normalized spacial score (nSPS) is 11.7. The number of nitrogens with zero attached hydrogens (tertiary/aromatic N) is 2. The van der Waals surface area contributed by atoms with Crippen LogP contribution in [0, 0.1) is 0 Å². The lowest BCUT2D eigenvalue weighted by atomic mass is 10.2. The molecule has 0 aliphatic carbocycles. The molecule has 0 amide bonds. The van der Waals surface area contributed by atoms with Crippen LogP contribution in [0.4, 0.5) is 18.9 Å². The van der Waals surface area contributed by atoms with Gasteiger partial charge in [0.15, 0.2) is 0 Å². The van der Waals surface area contributed by atoms with Crippen LogP contribution in [-0.2, 0) is 6.18 Å². The van der Waals surface area contributed by atoms with Gasteiger partial charge in [-0.05, 0) is 42.0 Å². The van der Waals surface area contributed by atoms with Crippen molar-refractivity contribution < 1.29 is 13.2 Å². The van der Waals surface area contributed by atoms with Crippen LogP contribution < -0.4 is 5.43 Å². The van der Waals surface area contributed by atoms with Crippen molar-refractivity contribution in [3.8, 4) is 0 Å². The molecule has 1 N–H and O–H groups in total. The van der Waals surface area contributed by atoms with Gasteiger partial charge in [0.1, 0.15) is 0 Å². The number of alkyl halides is 3. The Bertz CT molecular complexity index is 548. The Morgan fingerprint density at radius 1 is 1.00 bits per heavy atom. The first kappa shape index (κ1) is 13.1. The number of benzene rings is 1. The molecule has 0 spiro atoms. The van der Waals surface area contributed by atoms with Crippen LogP contribution in [0.15, 0.2) is 53.9 Å². The molecule has 0 radical (unpaired) electrons. The molecule has 1 heterocycles. The standard InChI is InChI=1S/C13H10F3N3/c14-13(15,16)11-1-3-12(4-2-11)19-18-9-10-5-7-17-8-6-10/h1-9,19H. The molecule has 1 aromatic carbocycles. The third-order valence-corrected chi connectivity index (χ3v) is 2.33. The Kier molecular flexibility index (Phi) is 3.79. The zero-order chi connectivity index (χ0) is 13.7. The molecule has 0 saturated carbocycles. The fourth-order valence-corrected chi connectivity index (χ4v) is 1.36. The Balaban J connectivity index is 1.99. The van der Waals surface area contributed by atoms with E-state index in [2.05, 4.69) is 15.5 Å². The van der Waals surface area contributed by atoms with E-state index >= 15 is 0 Å². The van der Waals surface area contributed by atoms with Gasteiger partial charge >= 0.3 is 6.18 Å². The molecule has 2 rings (SSSR count). The largest absolute Gasteiger partial charge is 0.416 e. The summed E-state index contributed by atoms with van der Waals surface area (Å²) in [6, 6.07) is 8.18. The molecular formula is C13H10F3N3. The number of aromatic nitrogens is 1. The molecule has 0 saturated heterocycles. The van der Waals surface area contributed by atoms with Gasteiger partial charge in [0, 0.05) is 12.4 Å². The van der Waals surface area contributed by atoms with E-state index in [0.717, 1.165) is 17.7 Å². The van der Waals surface area contributed by atoms with E-state index in [4.69, 9.17) is 0 Å². The van der Waals surface area contributed by atoms with Crippen molar-refractivity contribution in [3.05, 3.63) is 59.9 Å². The van der Waals surface area contributed by atoms with Crippen LogP contribution >= 0.6 is 0 Å². The molecule has 2 aromatic rings. The highest BCUT2D eigenvalue weighted by Gasteiger charge is 2.29. The van der Waals surface area contributed by atoms with Crippen LogP contribution in [0.5, 0.6) is 0 Å². The highest BCUT2D eigenvalue weighted by molar-refractivity contribution is 5.79. The summed E-state index contributed by atoms with van der Waals surface area (Å²) < 4.78 is 37.0. The summed E-state index contributed by atoms with van der Waals surface area (Å²) in [6.07, 6.45) is 0.483. The Labute approximate surface area is 107 Å². The molecule has 98 valence electrons. The van der Waals surface area contributed by atoms with Crippen molar-refractivity contribution in [1.29, 1.82) is 0 Å². The molecule has 0 aliphatic rings. The van der Waals surface area contributed by atoms with Crippen molar-refractivity contribution in [2.24, 2.45) is 5.10 Å². The highest BCUT2D eigenvalue weighted by Crippen LogP contribution is 2.29. The van der Waals surface area contributed by atoms with E-state index in [-0.39, 0.29) is 0 Å². The van der Waals surface area contributed by atoms with Crippen molar-refractivity contribution in [1.82, 2.24) is 4.98 Å². The van der Waals surface area contributed by atoms with Gasteiger partial charge in [-0.15, -0.1) is 0 Å². The summed E-state index contributed by atoms with van der Waals surface area (Å²) >= 11 is 0. The third kappa shape index (κ3) is 3.80. The molecule has 3 nitrogen and oxygen atoms in total. The van der Waals surface area contributed by atoms with Crippen molar-refractivity contribution in [2.45, 2.75) is 6.18 Å². The minimum atomic E-state index is -4.32. The monoisotopic (exact) mass is 265 g/mol. The van der Waals surface area contributed by atoms with Crippen molar-refractivity contribution >= 4 is 11.9 Å². The van der Waals surface area contributed by atoms with E-state index in [0.29, 0.717) is 5.69 Å². The van der Waals surface area contributed by atoms with Crippen LogP contribution in [0.1, 0.15) is 11.1 Å². The van der Waals surface area contributed by atoms with E-state index in [1.165, 1.54) is 12.1 Å². The Morgan fingerprint density at radius 2 is 1.63 bits per heavy atom. The Morgan fingerprint density at radius 3 is 2.21 bits per heavy atom. The number of rotatable bonds is 3. The molecule has 0 fully saturated rings. The number of hydrogen-bond donors (Lipinski definition) is 1. The topological polar surface area (TPSA) is 37.3 Å². The number of hydrazone groups is 1. The molecule has 0 unspecified atom stereocenters. The molecule has 0 bridgehead atoms. The summed E-state index contributed by atoms with van der Waals surface area (Å²) in [4.78, 5) is 3.86. The lowest BCUT2D eigenvalue weighted by Crippen LogP contribution is -2.04. The molecule has 19 heavy (non-hydrogen) atoms. The zero-order valence-electron chi connectivity index (χ0n) is 9.72. The fraction of sp³-hybridized carbons (Fsp3) is 0.0769. The summed E-state index contributed by atoms with van der Waals surface area (Å²) in [7, 11) is 0. The van der Waals surface area contributed by atoms with E-state index in [1.54, 1.807) is 30.7 Å². The molecular weight excluding hydrogens is 255 g/mol. The number of hydrogen-bond acceptors (Lipinski definition) is 3. The lowest BCUT2D eigenvalue weighted by molar-refractivity contribution is -0.137. The van der Waals surface area contributed by atoms with Gasteiger partial charge < -0.3 is 0 Å². The summed E-state index contributed by atoms with van der Waals surface area (Å²) in [6.45, 7) is 0. The molecule has 0 atom stereocenters. The van der Waals surface area contributed by atoms with Crippen LogP contribution in [0.3, 0.4) is 0 Å². The van der Waals surface area contributed by atoms with Crippen molar-refractivity contribution in [3.63, 3.8) is 0 Å². The summed E-state index contributed by atoms with van der Waals surface area (Å²) in [5.74, 6) is 0. The average molecular weight is 265 g/mol. The predicted octanol–water partition coefficient (Wildman–Crippen LogP) is 3.55. The predicted molar refractivity (Wildman–Crippen MR) is 66.9 cm³/mol. The van der Waals surface area contributed by atoms with E-state index in [1.807, 2.05) is 0 Å². The van der Waals surface area contributed by atoms with E-state index < -0.39 is 11.7 Å². The van der Waals surface area contributed by atoms with E-state index in [9.17, 15) is 13.2 Å². The minimum Gasteiger partial charge on any atom is -0.279 e. The molecule has 0 aliphatic heterocycles. The number of pyridine rings is 1.